The summed E-state index contributed by atoms with van der Waals surface area (Å²) in [5.41, 5.74) is 1.37. The number of rotatable bonds is 7. The van der Waals surface area contributed by atoms with Gasteiger partial charge in [0.25, 0.3) is 5.56 Å². The van der Waals surface area contributed by atoms with Crippen LogP contribution >= 0.6 is 11.3 Å². The zero-order valence-corrected chi connectivity index (χ0v) is 17.0. The molecule has 3 rings (SSSR count). The van der Waals surface area contributed by atoms with Crippen LogP contribution < -0.4 is 15.0 Å². The van der Waals surface area contributed by atoms with E-state index in [1.54, 1.807) is 18.2 Å². The molecule has 2 aromatic heterocycles. The van der Waals surface area contributed by atoms with Crippen LogP contribution in [-0.4, -0.2) is 29.1 Å². The summed E-state index contributed by atoms with van der Waals surface area (Å²) in [5, 5.41) is 1.86. The Hall–Kier alpha value is -2.87. The molecule has 0 amide bonds. The summed E-state index contributed by atoms with van der Waals surface area (Å²) in [6.45, 7) is 6.40. The molecule has 0 aliphatic heterocycles. The van der Waals surface area contributed by atoms with Crippen LogP contribution in [0.3, 0.4) is 0 Å². The van der Waals surface area contributed by atoms with Crippen LogP contribution in [0, 0.1) is 12.8 Å². The smallest absolute Gasteiger partial charge is 0.338 e. The van der Waals surface area contributed by atoms with Crippen molar-refractivity contribution in [2.24, 2.45) is 5.92 Å². The van der Waals surface area contributed by atoms with Crippen molar-refractivity contribution >= 4 is 22.3 Å². The lowest BCUT2D eigenvalue weighted by Gasteiger charge is -2.13. The molecule has 0 unspecified atom stereocenters. The van der Waals surface area contributed by atoms with Crippen molar-refractivity contribution in [3.63, 3.8) is 0 Å². The first kappa shape index (κ1) is 19.9. The summed E-state index contributed by atoms with van der Waals surface area (Å²) < 4.78 is 17.8. The number of hydrogen-bond donors (Lipinski definition) is 0. The number of nitrogens with zero attached hydrogens (tertiary/aromatic N) is 2. The van der Waals surface area contributed by atoms with E-state index >= 15 is 0 Å². The van der Waals surface area contributed by atoms with Gasteiger partial charge in [-0.05, 0) is 31.0 Å². The normalized spacial score (nSPS) is 11.0. The maximum Gasteiger partial charge on any atom is 0.338 e. The second-order valence-corrected chi connectivity index (χ2v) is 7.56. The second kappa shape index (κ2) is 8.43. The zero-order valence-electron chi connectivity index (χ0n) is 16.2. The number of methoxy groups -OCH3 is 1. The van der Waals surface area contributed by atoms with Gasteiger partial charge in [0, 0.05) is 17.1 Å². The molecular weight excluding hydrogens is 380 g/mol. The summed E-state index contributed by atoms with van der Waals surface area (Å²) >= 11 is 1.37. The molecule has 0 bridgehead atoms. The van der Waals surface area contributed by atoms with Crippen LogP contribution in [-0.2, 0) is 11.3 Å². The number of thiazole rings is 1. The van der Waals surface area contributed by atoms with Crippen LogP contribution in [0.25, 0.3) is 4.96 Å². The van der Waals surface area contributed by atoms with Crippen molar-refractivity contribution < 1.29 is 19.0 Å². The quantitative estimate of drug-likeness (QED) is 0.563. The van der Waals surface area contributed by atoms with Gasteiger partial charge in [-0.1, -0.05) is 13.8 Å². The number of fused-ring (bicyclic) bond motifs is 1. The van der Waals surface area contributed by atoms with Gasteiger partial charge in [-0.3, -0.25) is 9.20 Å². The monoisotopic (exact) mass is 402 g/mol. The fraction of sp³-hybridized carbons (Fsp3) is 0.350. The summed E-state index contributed by atoms with van der Waals surface area (Å²) in [7, 11) is 1.52. The average Bonchev–Trinajstić information content (AvgIpc) is 3.05. The number of esters is 1. The predicted molar refractivity (Wildman–Crippen MR) is 107 cm³/mol. The molecule has 2 heterocycles. The van der Waals surface area contributed by atoms with Gasteiger partial charge >= 0.3 is 5.97 Å². The van der Waals surface area contributed by atoms with Crippen LogP contribution in [0.4, 0.5) is 0 Å². The Morgan fingerprint density at radius 3 is 2.75 bits per heavy atom. The fourth-order valence-electron chi connectivity index (χ4n) is 2.57. The maximum atomic E-state index is 12.4. The molecule has 28 heavy (non-hydrogen) atoms. The Balaban J connectivity index is 1.72. The number of carbonyl (C=O) groups is 1. The summed E-state index contributed by atoms with van der Waals surface area (Å²) in [4.78, 5) is 29.5. The van der Waals surface area contributed by atoms with Gasteiger partial charge in [-0.25, -0.2) is 9.78 Å². The van der Waals surface area contributed by atoms with Gasteiger partial charge in [0.05, 0.1) is 25.0 Å². The van der Waals surface area contributed by atoms with Crippen LogP contribution in [0.2, 0.25) is 0 Å². The maximum absolute atomic E-state index is 12.4. The minimum absolute atomic E-state index is 0.0879. The average molecular weight is 402 g/mol. The van der Waals surface area contributed by atoms with Crippen molar-refractivity contribution in [2.75, 3.05) is 13.7 Å². The minimum atomic E-state index is -0.530. The van der Waals surface area contributed by atoms with Crippen molar-refractivity contribution in [3.8, 4) is 11.5 Å². The van der Waals surface area contributed by atoms with Gasteiger partial charge in [0.1, 0.15) is 6.61 Å². The van der Waals surface area contributed by atoms with Crippen molar-refractivity contribution in [3.05, 3.63) is 57.0 Å². The molecule has 0 aliphatic rings. The highest BCUT2D eigenvalue weighted by Crippen LogP contribution is 2.29. The largest absolute Gasteiger partial charge is 0.493 e. The Labute approximate surface area is 166 Å². The molecule has 0 spiro atoms. The van der Waals surface area contributed by atoms with Crippen molar-refractivity contribution in [2.45, 2.75) is 27.4 Å². The molecule has 0 fully saturated rings. The van der Waals surface area contributed by atoms with E-state index in [0.29, 0.717) is 40.2 Å². The van der Waals surface area contributed by atoms with Gasteiger partial charge < -0.3 is 14.2 Å². The van der Waals surface area contributed by atoms with E-state index in [9.17, 15) is 9.59 Å². The van der Waals surface area contributed by atoms with E-state index in [0.717, 1.165) is 5.69 Å². The van der Waals surface area contributed by atoms with Gasteiger partial charge in [0.15, 0.2) is 16.5 Å². The molecule has 8 heteroatoms. The van der Waals surface area contributed by atoms with E-state index in [-0.39, 0.29) is 12.2 Å². The molecule has 7 nitrogen and oxygen atoms in total. The third-order valence-corrected chi connectivity index (χ3v) is 4.89. The first-order valence-electron chi connectivity index (χ1n) is 8.83. The number of aromatic nitrogens is 2. The van der Waals surface area contributed by atoms with E-state index in [2.05, 4.69) is 4.98 Å². The molecule has 148 valence electrons. The zero-order chi connectivity index (χ0) is 20.3. The predicted octanol–water partition coefficient (Wildman–Crippen LogP) is 3.46. The highest BCUT2D eigenvalue weighted by atomic mass is 32.1. The highest BCUT2D eigenvalue weighted by molar-refractivity contribution is 7.15. The lowest BCUT2D eigenvalue weighted by molar-refractivity contribution is 0.0467. The topological polar surface area (TPSA) is 79.1 Å². The SMILES string of the molecule is COc1cc(C(=O)OCc2cc(=O)n3c(C)csc3n2)ccc1OCC(C)C. The van der Waals surface area contributed by atoms with Crippen molar-refractivity contribution in [1.82, 2.24) is 9.38 Å². The molecule has 0 radical (unpaired) electrons. The lowest BCUT2D eigenvalue weighted by Crippen LogP contribution is -2.16. The highest BCUT2D eigenvalue weighted by Gasteiger charge is 2.14. The standard InChI is InChI=1S/C20H22N2O5S/c1-12(2)9-26-16-6-5-14(7-17(16)25-4)19(24)27-10-15-8-18(23)22-13(3)11-28-20(22)21-15/h5-8,11-12H,9-10H2,1-4H3. The molecule has 0 atom stereocenters. The van der Waals surface area contributed by atoms with Gasteiger partial charge in [0.2, 0.25) is 0 Å². The number of benzene rings is 1. The van der Waals surface area contributed by atoms with Crippen LogP contribution in [0.5, 0.6) is 11.5 Å². The van der Waals surface area contributed by atoms with E-state index < -0.39 is 5.97 Å². The lowest BCUT2D eigenvalue weighted by atomic mass is 10.2. The number of hydrogen-bond acceptors (Lipinski definition) is 7. The van der Waals surface area contributed by atoms with E-state index in [1.807, 2.05) is 26.2 Å². The van der Waals surface area contributed by atoms with E-state index in [1.165, 1.54) is 28.9 Å². The Morgan fingerprint density at radius 1 is 1.25 bits per heavy atom. The summed E-state index contributed by atoms with van der Waals surface area (Å²) in [6.07, 6.45) is 0. The fourth-order valence-corrected chi connectivity index (χ4v) is 3.46. The van der Waals surface area contributed by atoms with Crippen LogP contribution in [0.1, 0.15) is 35.6 Å². The minimum Gasteiger partial charge on any atom is -0.493 e. The Kier molecular flexibility index (Phi) is 5.99. The molecular formula is C20H22N2O5S. The van der Waals surface area contributed by atoms with E-state index in [4.69, 9.17) is 14.2 Å². The third-order valence-electron chi connectivity index (χ3n) is 3.95. The number of carbonyl (C=O) groups excluding carboxylic acids is 1. The number of aryl methyl sites for hydroxylation is 1. The molecule has 0 N–H and O–H groups in total. The first-order chi connectivity index (χ1) is 13.4. The number of ether oxygens (including phenoxy) is 3. The molecule has 0 saturated heterocycles. The summed E-state index contributed by atoms with van der Waals surface area (Å²) in [6, 6.07) is 6.26. The third kappa shape index (κ3) is 4.33. The van der Waals surface area contributed by atoms with Gasteiger partial charge in [-0.2, -0.15) is 0 Å². The molecule has 0 saturated carbocycles. The summed E-state index contributed by atoms with van der Waals surface area (Å²) in [5.74, 6) is 0.872. The second-order valence-electron chi connectivity index (χ2n) is 6.73. The Morgan fingerprint density at radius 2 is 2.04 bits per heavy atom. The Bertz CT molecular complexity index is 1050. The van der Waals surface area contributed by atoms with Gasteiger partial charge in [-0.15, -0.1) is 11.3 Å². The van der Waals surface area contributed by atoms with Crippen LogP contribution in [0.15, 0.2) is 34.4 Å². The van der Waals surface area contributed by atoms with Crippen molar-refractivity contribution in [1.29, 1.82) is 0 Å². The first-order valence-corrected chi connectivity index (χ1v) is 9.71. The molecule has 3 aromatic rings. The molecule has 1 aromatic carbocycles. The molecule has 0 aliphatic carbocycles.